The van der Waals surface area contributed by atoms with Gasteiger partial charge < -0.3 is 24.6 Å². The Kier molecular flexibility index (Phi) is 3.79. The summed E-state index contributed by atoms with van der Waals surface area (Å²) in [6, 6.07) is 3.10. The second-order valence-corrected chi connectivity index (χ2v) is 5.38. The molecule has 1 amide bonds. The highest BCUT2D eigenvalue weighted by Crippen LogP contribution is 2.40. The first-order valence-corrected chi connectivity index (χ1v) is 7.09. The van der Waals surface area contributed by atoms with E-state index in [1.165, 1.54) is 7.11 Å². The second kappa shape index (κ2) is 5.75. The van der Waals surface area contributed by atoms with Crippen molar-refractivity contribution >= 4 is 11.9 Å². The second-order valence-electron chi connectivity index (χ2n) is 5.38. The fraction of sp³-hybridized carbons (Fsp3) is 0.467. The molecule has 1 saturated carbocycles. The topological polar surface area (TPSA) is 94.1 Å². The van der Waals surface area contributed by atoms with Crippen LogP contribution in [0.4, 0.5) is 0 Å². The third-order valence-corrected chi connectivity index (χ3v) is 3.91. The summed E-state index contributed by atoms with van der Waals surface area (Å²) >= 11 is 0. The number of hydrogen-bond donors (Lipinski definition) is 2. The van der Waals surface area contributed by atoms with Gasteiger partial charge in [0.05, 0.1) is 13.0 Å². The number of carboxylic acid groups (broad SMARTS) is 1. The maximum absolute atomic E-state index is 12.3. The number of rotatable bonds is 4. The number of aliphatic carboxylic acids is 1. The Hall–Kier alpha value is -2.44. The minimum absolute atomic E-state index is 0.104. The SMILES string of the molecule is COc1cc(C(=O)NC2CC(C(=O)O)C2)cc2c1OCCO2. The van der Waals surface area contributed by atoms with Crippen LogP contribution in [0.2, 0.25) is 0 Å². The lowest BCUT2D eigenvalue weighted by atomic mass is 9.80. The Balaban J connectivity index is 1.72. The lowest BCUT2D eigenvalue weighted by Gasteiger charge is -2.33. The Morgan fingerprint density at radius 2 is 2.00 bits per heavy atom. The summed E-state index contributed by atoms with van der Waals surface area (Å²) in [6.45, 7) is 0.859. The van der Waals surface area contributed by atoms with E-state index in [0.29, 0.717) is 48.9 Å². The minimum atomic E-state index is -0.813. The third kappa shape index (κ3) is 2.66. The zero-order chi connectivity index (χ0) is 15.7. The van der Waals surface area contributed by atoms with Gasteiger partial charge >= 0.3 is 5.97 Å². The van der Waals surface area contributed by atoms with E-state index in [-0.39, 0.29) is 17.9 Å². The van der Waals surface area contributed by atoms with Gasteiger partial charge in [0, 0.05) is 11.6 Å². The number of benzene rings is 1. The summed E-state index contributed by atoms with van der Waals surface area (Å²) in [5.41, 5.74) is 0.403. The number of nitrogens with one attached hydrogen (secondary N) is 1. The molecule has 1 heterocycles. The lowest BCUT2D eigenvalue weighted by Crippen LogP contribution is -2.46. The first-order chi connectivity index (χ1) is 10.6. The molecule has 0 saturated heterocycles. The number of amides is 1. The van der Waals surface area contributed by atoms with Crippen LogP contribution < -0.4 is 19.5 Å². The summed E-state index contributed by atoms with van der Waals surface area (Å²) < 4.78 is 16.2. The van der Waals surface area contributed by atoms with Crippen LogP contribution in [0.15, 0.2) is 12.1 Å². The van der Waals surface area contributed by atoms with E-state index in [1.54, 1.807) is 12.1 Å². The summed E-state index contributed by atoms with van der Waals surface area (Å²) in [4.78, 5) is 23.0. The molecule has 1 aromatic carbocycles. The zero-order valence-corrected chi connectivity index (χ0v) is 12.1. The van der Waals surface area contributed by atoms with E-state index in [1.807, 2.05) is 0 Å². The van der Waals surface area contributed by atoms with Crippen molar-refractivity contribution < 1.29 is 28.9 Å². The average Bonchev–Trinajstić information content (AvgIpc) is 2.48. The van der Waals surface area contributed by atoms with Crippen LogP contribution >= 0.6 is 0 Å². The van der Waals surface area contributed by atoms with E-state index >= 15 is 0 Å². The van der Waals surface area contributed by atoms with Crippen LogP contribution in [-0.2, 0) is 4.79 Å². The van der Waals surface area contributed by atoms with Crippen molar-refractivity contribution in [1.82, 2.24) is 5.32 Å². The molecule has 1 aliphatic carbocycles. The van der Waals surface area contributed by atoms with Crippen LogP contribution in [0.25, 0.3) is 0 Å². The van der Waals surface area contributed by atoms with Crippen molar-refractivity contribution in [2.75, 3.05) is 20.3 Å². The van der Waals surface area contributed by atoms with Crippen molar-refractivity contribution in [2.45, 2.75) is 18.9 Å². The highest BCUT2D eigenvalue weighted by Gasteiger charge is 2.35. The molecule has 3 rings (SSSR count). The monoisotopic (exact) mass is 307 g/mol. The van der Waals surface area contributed by atoms with Crippen LogP contribution in [-0.4, -0.2) is 43.3 Å². The van der Waals surface area contributed by atoms with E-state index in [4.69, 9.17) is 19.3 Å². The quantitative estimate of drug-likeness (QED) is 0.864. The lowest BCUT2D eigenvalue weighted by molar-refractivity contribution is -0.145. The Morgan fingerprint density at radius 1 is 1.27 bits per heavy atom. The van der Waals surface area contributed by atoms with Gasteiger partial charge in [0.1, 0.15) is 13.2 Å². The molecule has 0 bridgehead atoms. The number of carbonyl (C=O) groups excluding carboxylic acids is 1. The van der Waals surface area contributed by atoms with Crippen LogP contribution in [0.3, 0.4) is 0 Å². The van der Waals surface area contributed by atoms with Gasteiger partial charge in [0.15, 0.2) is 11.5 Å². The molecule has 0 unspecified atom stereocenters. The maximum atomic E-state index is 12.3. The van der Waals surface area contributed by atoms with E-state index < -0.39 is 5.97 Å². The molecular weight excluding hydrogens is 290 g/mol. The molecular formula is C15H17NO6. The molecule has 7 nitrogen and oxygen atoms in total. The van der Waals surface area contributed by atoms with Gasteiger partial charge in [-0.3, -0.25) is 9.59 Å². The first-order valence-electron chi connectivity index (χ1n) is 7.09. The number of ether oxygens (including phenoxy) is 3. The van der Waals surface area contributed by atoms with E-state index in [9.17, 15) is 9.59 Å². The molecule has 0 atom stereocenters. The Bertz CT molecular complexity index is 591. The largest absolute Gasteiger partial charge is 0.493 e. The predicted molar refractivity (Wildman–Crippen MR) is 75.6 cm³/mol. The molecule has 0 spiro atoms. The van der Waals surface area contributed by atoms with Crippen molar-refractivity contribution in [3.8, 4) is 17.2 Å². The smallest absolute Gasteiger partial charge is 0.306 e. The zero-order valence-electron chi connectivity index (χ0n) is 12.1. The van der Waals surface area contributed by atoms with Gasteiger partial charge in [0.25, 0.3) is 5.91 Å². The van der Waals surface area contributed by atoms with Crippen LogP contribution in [0, 0.1) is 5.92 Å². The van der Waals surface area contributed by atoms with Gasteiger partial charge in [-0.15, -0.1) is 0 Å². The fourth-order valence-corrected chi connectivity index (χ4v) is 2.61. The Labute approximate surface area is 127 Å². The molecule has 2 N–H and O–H groups in total. The van der Waals surface area contributed by atoms with Crippen LogP contribution in [0.1, 0.15) is 23.2 Å². The molecule has 22 heavy (non-hydrogen) atoms. The van der Waals surface area contributed by atoms with Crippen molar-refractivity contribution in [1.29, 1.82) is 0 Å². The van der Waals surface area contributed by atoms with Crippen LogP contribution in [0.5, 0.6) is 17.2 Å². The number of carbonyl (C=O) groups is 2. The predicted octanol–water partition coefficient (Wildman–Crippen LogP) is 1.06. The van der Waals surface area contributed by atoms with E-state index in [2.05, 4.69) is 5.32 Å². The molecule has 1 fully saturated rings. The highest BCUT2D eigenvalue weighted by atomic mass is 16.6. The van der Waals surface area contributed by atoms with Gasteiger partial charge in [-0.1, -0.05) is 0 Å². The Morgan fingerprint density at radius 3 is 2.68 bits per heavy atom. The van der Waals surface area contributed by atoms with Crippen molar-refractivity contribution in [2.24, 2.45) is 5.92 Å². The van der Waals surface area contributed by atoms with E-state index in [0.717, 1.165) is 0 Å². The average molecular weight is 307 g/mol. The summed E-state index contributed by atoms with van der Waals surface area (Å²) in [7, 11) is 1.50. The minimum Gasteiger partial charge on any atom is -0.493 e. The molecule has 7 heteroatoms. The highest BCUT2D eigenvalue weighted by molar-refractivity contribution is 5.96. The first kappa shape index (κ1) is 14.5. The van der Waals surface area contributed by atoms with Gasteiger partial charge in [0.2, 0.25) is 5.75 Å². The molecule has 118 valence electrons. The summed E-state index contributed by atoms with van der Waals surface area (Å²) in [6.07, 6.45) is 0.922. The molecule has 1 aliphatic heterocycles. The maximum Gasteiger partial charge on any atom is 0.306 e. The molecule has 2 aliphatic rings. The van der Waals surface area contributed by atoms with Gasteiger partial charge in [-0.25, -0.2) is 0 Å². The molecule has 0 aromatic heterocycles. The molecule has 0 radical (unpaired) electrons. The van der Waals surface area contributed by atoms with Gasteiger partial charge in [-0.05, 0) is 25.0 Å². The van der Waals surface area contributed by atoms with Crippen molar-refractivity contribution in [3.05, 3.63) is 17.7 Å². The summed E-state index contributed by atoms with van der Waals surface area (Å²) in [5, 5.41) is 11.7. The number of carboxylic acids is 1. The number of fused-ring (bicyclic) bond motifs is 1. The summed E-state index contributed by atoms with van der Waals surface area (Å²) in [5.74, 6) is -0.0252. The fourth-order valence-electron chi connectivity index (χ4n) is 2.61. The number of hydrogen-bond acceptors (Lipinski definition) is 5. The standard InChI is InChI=1S/C15H17NO6/c1-20-11-6-8(7-12-13(11)22-3-2-21-12)14(17)16-10-4-9(5-10)15(18)19/h6-7,9-10H,2-5H2,1H3,(H,16,17)(H,18,19). The van der Waals surface area contributed by atoms with Crippen molar-refractivity contribution in [3.63, 3.8) is 0 Å². The molecule has 1 aromatic rings. The number of methoxy groups -OCH3 is 1. The normalized spacial score (nSPS) is 22.4. The van der Waals surface area contributed by atoms with Gasteiger partial charge in [-0.2, -0.15) is 0 Å². The third-order valence-electron chi connectivity index (χ3n) is 3.91.